The lowest BCUT2D eigenvalue weighted by atomic mass is 9.81. The van der Waals surface area contributed by atoms with Gasteiger partial charge in [0.1, 0.15) is 17.1 Å². The van der Waals surface area contributed by atoms with Crippen LogP contribution >= 0.6 is 0 Å². The molecule has 0 saturated carbocycles. The van der Waals surface area contributed by atoms with Gasteiger partial charge in [-0.15, -0.1) is 0 Å². The summed E-state index contributed by atoms with van der Waals surface area (Å²) in [7, 11) is -1.54. The van der Waals surface area contributed by atoms with Gasteiger partial charge in [-0.2, -0.15) is 0 Å². The van der Waals surface area contributed by atoms with E-state index in [0.717, 1.165) is 55.6 Å². The number of rotatable bonds is 4. The minimum absolute atomic E-state index is 0.0246. The minimum Gasteiger partial charge on any atom is -0.496 e. The first-order valence-corrected chi connectivity index (χ1v) is 13.5. The van der Waals surface area contributed by atoms with Crippen LogP contribution in [0.25, 0.3) is 11.1 Å². The van der Waals surface area contributed by atoms with Gasteiger partial charge in [0, 0.05) is 30.4 Å². The minimum atomic E-state index is -3.12. The van der Waals surface area contributed by atoms with E-state index in [9.17, 15) is 8.42 Å². The fourth-order valence-electron chi connectivity index (χ4n) is 4.96. The fourth-order valence-corrected chi connectivity index (χ4v) is 5.77. The van der Waals surface area contributed by atoms with Crippen molar-refractivity contribution in [2.75, 3.05) is 26.5 Å². The number of hydrogen-bond donors (Lipinski definition) is 0. The Balaban J connectivity index is 1.53. The molecule has 2 aromatic carbocycles. The zero-order chi connectivity index (χ0) is 23.1. The summed E-state index contributed by atoms with van der Waals surface area (Å²) in [5, 5.41) is 0. The van der Waals surface area contributed by atoms with E-state index in [1.54, 1.807) is 7.11 Å². The van der Waals surface area contributed by atoms with Crippen molar-refractivity contribution in [1.82, 2.24) is 4.90 Å². The van der Waals surface area contributed by atoms with Crippen molar-refractivity contribution in [3.8, 4) is 22.6 Å². The average Bonchev–Trinajstić information content (AvgIpc) is 2.72. The molecule has 32 heavy (non-hydrogen) atoms. The van der Waals surface area contributed by atoms with Gasteiger partial charge in [0.15, 0.2) is 9.84 Å². The Kier molecular flexibility index (Phi) is 6.05. The van der Waals surface area contributed by atoms with E-state index in [0.29, 0.717) is 11.3 Å². The van der Waals surface area contributed by atoms with E-state index in [-0.39, 0.29) is 16.9 Å². The van der Waals surface area contributed by atoms with Gasteiger partial charge < -0.3 is 9.47 Å². The van der Waals surface area contributed by atoms with E-state index >= 15 is 0 Å². The van der Waals surface area contributed by atoms with Crippen molar-refractivity contribution in [2.45, 2.75) is 63.3 Å². The van der Waals surface area contributed by atoms with Crippen molar-refractivity contribution in [1.29, 1.82) is 0 Å². The maximum atomic E-state index is 11.7. The number of nitrogens with zero attached hydrogens (tertiary/aromatic N) is 1. The molecule has 4 rings (SSSR count). The third kappa shape index (κ3) is 4.96. The Hall–Kier alpha value is -2.05. The molecule has 0 aromatic heterocycles. The van der Waals surface area contributed by atoms with Crippen molar-refractivity contribution in [2.24, 2.45) is 0 Å². The van der Waals surface area contributed by atoms with Crippen LogP contribution < -0.4 is 9.47 Å². The van der Waals surface area contributed by atoms with Crippen LogP contribution in [0.1, 0.15) is 51.2 Å². The van der Waals surface area contributed by atoms with Gasteiger partial charge in [-0.1, -0.05) is 18.2 Å². The van der Waals surface area contributed by atoms with Crippen LogP contribution in [0.4, 0.5) is 0 Å². The predicted octanol–water partition coefficient (Wildman–Crippen LogP) is 4.86. The Morgan fingerprint density at radius 1 is 1.03 bits per heavy atom. The van der Waals surface area contributed by atoms with Crippen molar-refractivity contribution >= 4 is 9.84 Å². The highest BCUT2D eigenvalue weighted by molar-refractivity contribution is 7.89. The fraction of sp³-hybridized carbons (Fsp3) is 0.538. The van der Waals surface area contributed by atoms with E-state index in [1.165, 1.54) is 11.8 Å². The second kappa shape index (κ2) is 8.38. The molecule has 0 unspecified atom stereocenters. The van der Waals surface area contributed by atoms with Gasteiger partial charge in [-0.25, -0.2) is 8.42 Å². The molecule has 2 heterocycles. The molecule has 6 heteroatoms. The number of benzene rings is 2. The summed E-state index contributed by atoms with van der Waals surface area (Å²) >= 11 is 0. The number of piperidine rings is 1. The zero-order valence-corrected chi connectivity index (χ0v) is 20.7. The summed E-state index contributed by atoms with van der Waals surface area (Å²) in [5.41, 5.74) is 4.21. The lowest BCUT2D eigenvalue weighted by Gasteiger charge is -2.48. The molecule has 2 aliphatic heterocycles. The van der Waals surface area contributed by atoms with Crippen LogP contribution in [0, 0.1) is 0 Å². The third-order valence-corrected chi connectivity index (χ3v) is 7.73. The van der Waals surface area contributed by atoms with Crippen LogP contribution in [-0.4, -0.2) is 50.9 Å². The number of methoxy groups -OCH3 is 1. The molecule has 1 spiro atoms. The highest BCUT2D eigenvalue weighted by atomic mass is 32.2. The van der Waals surface area contributed by atoms with Gasteiger partial charge in [0.05, 0.1) is 12.9 Å². The quantitative estimate of drug-likeness (QED) is 0.656. The van der Waals surface area contributed by atoms with Crippen LogP contribution in [0.5, 0.6) is 11.5 Å². The first-order valence-electron chi connectivity index (χ1n) is 11.4. The van der Waals surface area contributed by atoms with Gasteiger partial charge >= 0.3 is 0 Å². The van der Waals surface area contributed by atoms with Gasteiger partial charge in [0.2, 0.25) is 0 Å². The molecule has 0 atom stereocenters. The smallest absolute Gasteiger partial charge is 0.151 e. The lowest BCUT2D eigenvalue weighted by Crippen LogP contribution is -2.54. The highest BCUT2D eigenvalue weighted by Gasteiger charge is 2.41. The first-order chi connectivity index (χ1) is 15.0. The van der Waals surface area contributed by atoms with Crippen LogP contribution in [0.15, 0.2) is 36.4 Å². The Morgan fingerprint density at radius 3 is 2.31 bits per heavy atom. The summed E-state index contributed by atoms with van der Waals surface area (Å²) in [6.45, 7) is 9.01. The van der Waals surface area contributed by atoms with Crippen LogP contribution in [0.3, 0.4) is 0 Å². The number of sulfone groups is 1. The third-order valence-electron chi connectivity index (χ3n) is 6.90. The summed E-state index contributed by atoms with van der Waals surface area (Å²) in [6, 6.07) is 12.1. The molecule has 174 valence electrons. The predicted molar refractivity (Wildman–Crippen MR) is 129 cm³/mol. The van der Waals surface area contributed by atoms with Crippen LogP contribution in [-0.2, 0) is 22.0 Å². The van der Waals surface area contributed by atoms with E-state index in [1.807, 2.05) is 18.2 Å². The largest absolute Gasteiger partial charge is 0.496 e. The highest BCUT2D eigenvalue weighted by Crippen LogP contribution is 2.42. The maximum Gasteiger partial charge on any atom is 0.151 e. The number of aryl methyl sites for hydroxylation is 1. The summed E-state index contributed by atoms with van der Waals surface area (Å²) < 4.78 is 35.5. The molecular formula is C26H35NO4S. The Bertz CT molecular complexity index is 1090. The van der Waals surface area contributed by atoms with Crippen molar-refractivity contribution < 1.29 is 17.9 Å². The molecule has 0 radical (unpaired) electrons. The standard InChI is InChI=1S/C26H35NO4S/c1-25(2,3)27-14-12-26(13-15-27)11-10-21-16-19(8-9-23(21)31-26)20-6-7-22(18-32(5,28)29)24(17-20)30-4/h6-9,16-17H,10-15,18H2,1-5H3. The van der Waals surface area contributed by atoms with Gasteiger partial charge in [0.25, 0.3) is 0 Å². The second-order valence-corrected chi connectivity index (χ2v) is 12.5. The lowest BCUT2D eigenvalue weighted by molar-refractivity contribution is -0.0355. The molecule has 0 aliphatic carbocycles. The van der Waals surface area contributed by atoms with E-state index in [4.69, 9.17) is 9.47 Å². The number of ether oxygens (including phenoxy) is 2. The average molecular weight is 458 g/mol. The summed E-state index contributed by atoms with van der Waals surface area (Å²) in [4.78, 5) is 2.56. The summed E-state index contributed by atoms with van der Waals surface area (Å²) in [5.74, 6) is 1.58. The molecule has 0 bridgehead atoms. The van der Waals surface area contributed by atoms with E-state index < -0.39 is 9.84 Å². The van der Waals surface area contributed by atoms with Crippen molar-refractivity contribution in [3.63, 3.8) is 0 Å². The molecule has 2 aliphatic rings. The number of likely N-dealkylation sites (tertiary alicyclic amines) is 1. The number of fused-ring (bicyclic) bond motifs is 1. The normalized spacial score (nSPS) is 18.8. The first kappa shape index (κ1) is 23.1. The summed E-state index contributed by atoms with van der Waals surface area (Å²) in [6.07, 6.45) is 5.46. The second-order valence-electron chi connectivity index (χ2n) is 10.4. The number of hydrogen-bond acceptors (Lipinski definition) is 5. The molecule has 0 amide bonds. The van der Waals surface area contributed by atoms with Crippen LogP contribution in [0.2, 0.25) is 0 Å². The topological polar surface area (TPSA) is 55.8 Å². The molecule has 1 fully saturated rings. The van der Waals surface area contributed by atoms with Gasteiger partial charge in [-0.3, -0.25) is 4.90 Å². The van der Waals surface area contributed by atoms with Crippen molar-refractivity contribution in [3.05, 3.63) is 47.5 Å². The zero-order valence-electron chi connectivity index (χ0n) is 19.9. The SMILES string of the molecule is COc1cc(-c2ccc3c(c2)CCC2(CCN(C(C)(C)C)CC2)O3)ccc1CS(C)(=O)=O. The molecule has 5 nitrogen and oxygen atoms in total. The molecule has 1 saturated heterocycles. The van der Waals surface area contributed by atoms with Gasteiger partial charge in [-0.05, 0) is 81.3 Å². The van der Waals surface area contributed by atoms with E-state index in [2.05, 4.69) is 43.9 Å². The molecule has 0 N–H and O–H groups in total. The molecule has 2 aromatic rings. The molecular weight excluding hydrogens is 422 g/mol. The Labute approximate surface area is 192 Å². The Morgan fingerprint density at radius 2 is 1.69 bits per heavy atom. The monoisotopic (exact) mass is 457 g/mol. The maximum absolute atomic E-state index is 11.7.